The Morgan fingerprint density at radius 1 is 1.03 bits per heavy atom. The second-order valence-electron chi connectivity index (χ2n) is 9.87. The summed E-state index contributed by atoms with van der Waals surface area (Å²) in [6.07, 6.45) is 10.5. The average molecular weight is 523 g/mol. The van der Waals surface area contributed by atoms with Crippen molar-refractivity contribution in [2.75, 3.05) is 35.6 Å². The Morgan fingerprint density at radius 2 is 1.82 bits per heavy atom. The third kappa shape index (κ3) is 4.58. The fourth-order valence-corrected chi connectivity index (χ4v) is 5.57. The minimum absolute atomic E-state index is 0.117. The summed E-state index contributed by atoms with van der Waals surface area (Å²) >= 11 is 0. The summed E-state index contributed by atoms with van der Waals surface area (Å²) < 4.78 is 1.91. The quantitative estimate of drug-likeness (QED) is 0.366. The van der Waals surface area contributed by atoms with Crippen molar-refractivity contribution in [2.45, 2.75) is 31.7 Å². The molecule has 6 rings (SSSR count). The summed E-state index contributed by atoms with van der Waals surface area (Å²) in [5.41, 5.74) is 9.99. The SMILES string of the molecule is C=CC(=O)N1CCCC1c1nc(-c2ccc(C(=O)Nc3cc(N4CCCC4)ccn3)cc2)c2c(N)nccn12. The fraction of sp³-hybridized carbons (Fsp3) is 0.276. The number of nitrogen functional groups attached to an aromatic ring is 1. The zero-order valence-corrected chi connectivity index (χ0v) is 21.6. The number of hydrogen-bond donors (Lipinski definition) is 2. The maximum absolute atomic E-state index is 13.0. The summed E-state index contributed by atoms with van der Waals surface area (Å²) in [6, 6.07) is 10.9. The standard InChI is InChI=1S/C29H30N8O2/c1-2-24(38)36-16-5-6-22(36)28-34-25(26-27(30)32-13-17-37(26)28)19-7-9-20(10-8-19)29(39)33-23-18-21(11-12-31-23)35-14-3-4-15-35/h2,7-13,17-18,22H,1,3-6,14-16H2,(H2,30,32)(H,31,33,39). The summed E-state index contributed by atoms with van der Waals surface area (Å²) in [6.45, 7) is 6.34. The van der Waals surface area contributed by atoms with Gasteiger partial charge in [-0.05, 0) is 50.0 Å². The van der Waals surface area contributed by atoms with E-state index in [-0.39, 0.29) is 17.9 Å². The molecule has 198 valence electrons. The topological polar surface area (TPSA) is 122 Å². The summed E-state index contributed by atoms with van der Waals surface area (Å²) in [5, 5.41) is 2.91. The maximum atomic E-state index is 13.0. The van der Waals surface area contributed by atoms with E-state index in [1.165, 1.54) is 18.9 Å². The van der Waals surface area contributed by atoms with Gasteiger partial charge in [0.1, 0.15) is 28.7 Å². The number of hydrogen-bond acceptors (Lipinski definition) is 7. The molecule has 2 aliphatic heterocycles. The van der Waals surface area contributed by atoms with Gasteiger partial charge in [0.15, 0.2) is 0 Å². The largest absolute Gasteiger partial charge is 0.382 e. The molecular formula is C29H30N8O2. The number of amides is 2. The first kappa shape index (κ1) is 24.6. The van der Waals surface area contributed by atoms with Crippen LogP contribution in [0.3, 0.4) is 0 Å². The van der Waals surface area contributed by atoms with E-state index >= 15 is 0 Å². The number of nitrogens with zero attached hydrogens (tertiary/aromatic N) is 6. The van der Waals surface area contributed by atoms with Gasteiger partial charge >= 0.3 is 0 Å². The van der Waals surface area contributed by atoms with Crippen LogP contribution in [0.4, 0.5) is 17.3 Å². The van der Waals surface area contributed by atoms with E-state index < -0.39 is 0 Å². The van der Waals surface area contributed by atoms with Gasteiger partial charge in [0.25, 0.3) is 5.91 Å². The van der Waals surface area contributed by atoms with Gasteiger partial charge < -0.3 is 20.9 Å². The van der Waals surface area contributed by atoms with Crippen molar-refractivity contribution < 1.29 is 9.59 Å². The van der Waals surface area contributed by atoms with Gasteiger partial charge in [0.2, 0.25) is 5.91 Å². The number of carbonyl (C=O) groups is 2. The molecule has 2 aliphatic rings. The van der Waals surface area contributed by atoms with Gasteiger partial charge in [-0.25, -0.2) is 15.0 Å². The fourth-order valence-electron chi connectivity index (χ4n) is 5.57. The van der Waals surface area contributed by atoms with E-state index in [0.717, 1.165) is 43.0 Å². The zero-order valence-electron chi connectivity index (χ0n) is 21.6. The molecule has 2 saturated heterocycles. The summed E-state index contributed by atoms with van der Waals surface area (Å²) in [5.74, 6) is 1.24. The highest BCUT2D eigenvalue weighted by Crippen LogP contribution is 2.36. The number of fused-ring (bicyclic) bond motifs is 1. The number of pyridine rings is 1. The second-order valence-corrected chi connectivity index (χ2v) is 9.87. The molecule has 3 N–H and O–H groups in total. The van der Waals surface area contributed by atoms with E-state index in [0.29, 0.717) is 35.0 Å². The van der Waals surface area contributed by atoms with E-state index in [1.807, 2.05) is 34.9 Å². The number of nitrogens with two attached hydrogens (primary N) is 1. The third-order valence-corrected chi connectivity index (χ3v) is 7.50. The first-order valence-electron chi connectivity index (χ1n) is 13.2. The lowest BCUT2D eigenvalue weighted by Crippen LogP contribution is -2.29. The van der Waals surface area contributed by atoms with Crippen molar-refractivity contribution >= 4 is 34.7 Å². The van der Waals surface area contributed by atoms with E-state index in [1.54, 1.807) is 29.4 Å². The van der Waals surface area contributed by atoms with Gasteiger partial charge in [-0.3, -0.25) is 14.0 Å². The van der Waals surface area contributed by atoms with Crippen molar-refractivity contribution in [1.29, 1.82) is 0 Å². The zero-order chi connectivity index (χ0) is 26.9. The van der Waals surface area contributed by atoms with Crippen LogP contribution in [0.1, 0.15) is 47.9 Å². The van der Waals surface area contributed by atoms with Crippen LogP contribution in [-0.2, 0) is 4.79 Å². The Bertz CT molecular complexity index is 1560. The summed E-state index contributed by atoms with van der Waals surface area (Å²) in [4.78, 5) is 43.1. The minimum Gasteiger partial charge on any atom is -0.382 e. The molecule has 0 bridgehead atoms. The molecular weight excluding hydrogens is 492 g/mol. The average Bonchev–Trinajstić information content (AvgIpc) is 3.73. The first-order valence-corrected chi connectivity index (χ1v) is 13.2. The molecule has 0 saturated carbocycles. The molecule has 3 aromatic heterocycles. The van der Waals surface area contributed by atoms with E-state index in [9.17, 15) is 9.59 Å². The molecule has 1 atom stereocenters. The van der Waals surface area contributed by atoms with Crippen LogP contribution in [0.2, 0.25) is 0 Å². The molecule has 1 aromatic carbocycles. The van der Waals surface area contributed by atoms with Crippen LogP contribution in [0.25, 0.3) is 16.8 Å². The van der Waals surface area contributed by atoms with Gasteiger partial charge in [-0.2, -0.15) is 0 Å². The maximum Gasteiger partial charge on any atom is 0.256 e. The molecule has 1 unspecified atom stereocenters. The van der Waals surface area contributed by atoms with Gasteiger partial charge in [0.05, 0.1) is 6.04 Å². The lowest BCUT2D eigenvalue weighted by atomic mass is 10.1. The molecule has 39 heavy (non-hydrogen) atoms. The van der Waals surface area contributed by atoms with E-state index in [4.69, 9.17) is 10.7 Å². The smallest absolute Gasteiger partial charge is 0.256 e. The number of imidazole rings is 1. The van der Waals surface area contributed by atoms with Crippen molar-refractivity contribution in [3.8, 4) is 11.3 Å². The Morgan fingerprint density at radius 3 is 2.59 bits per heavy atom. The first-order chi connectivity index (χ1) is 19.0. The lowest BCUT2D eigenvalue weighted by Gasteiger charge is -2.22. The highest BCUT2D eigenvalue weighted by molar-refractivity contribution is 6.04. The molecule has 0 spiro atoms. The number of aromatic nitrogens is 4. The summed E-state index contributed by atoms with van der Waals surface area (Å²) in [7, 11) is 0. The Balaban J connectivity index is 1.28. The number of anilines is 3. The lowest BCUT2D eigenvalue weighted by molar-refractivity contribution is -0.127. The van der Waals surface area contributed by atoms with E-state index in [2.05, 4.69) is 26.8 Å². The number of carbonyl (C=O) groups excluding carboxylic acids is 2. The Kier molecular flexibility index (Phi) is 6.44. The monoisotopic (exact) mass is 522 g/mol. The van der Waals surface area contributed by atoms with Crippen LogP contribution < -0.4 is 16.0 Å². The Hall–Kier alpha value is -4.73. The number of benzene rings is 1. The molecule has 0 radical (unpaired) electrons. The molecule has 10 heteroatoms. The van der Waals surface area contributed by atoms with Crippen LogP contribution >= 0.6 is 0 Å². The van der Waals surface area contributed by atoms with Crippen LogP contribution in [-0.4, -0.2) is 55.7 Å². The van der Waals surface area contributed by atoms with Crippen molar-refractivity contribution in [2.24, 2.45) is 0 Å². The second kappa shape index (κ2) is 10.2. The molecule has 2 fully saturated rings. The predicted octanol–water partition coefficient (Wildman–Crippen LogP) is 4.08. The predicted molar refractivity (Wildman–Crippen MR) is 150 cm³/mol. The Labute approximate surface area is 226 Å². The van der Waals surface area contributed by atoms with Crippen molar-refractivity contribution in [3.63, 3.8) is 0 Å². The van der Waals surface area contributed by atoms with Crippen LogP contribution in [0.5, 0.6) is 0 Å². The third-order valence-electron chi connectivity index (χ3n) is 7.50. The molecule has 2 amide bonds. The van der Waals surface area contributed by atoms with Crippen molar-refractivity contribution in [1.82, 2.24) is 24.3 Å². The van der Waals surface area contributed by atoms with Gasteiger partial charge in [-0.15, -0.1) is 0 Å². The highest BCUT2D eigenvalue weighted by Gasteiger charge is 2.33. The highest BCUT2D eigenvalue weighted by atomic mass is 16.2. The molecule has 10 nitrogen and oxygen atoms in total. The van der Waals surface area contributed by atoms with Gasteiger partial charge in [0, 0.05) is 61.1 Å². The van der Waals surface area contributed by atoms with Gasteiger partial charge in [-0.1, -0.05) is 18.7 Å². The van der Waals surface area contributed by atoms with Crippen LogP contribution in [0, 0.1) is 0 Å². The molecule has 4 aromatic rings. The number of likely N-dealkylation sites (tertiary alicyclic amines) is 1. The number of rotatable bonds is 6. The van der Waals surface area contributed by atoms with Crippen LogP contribution in [0.15, 0.2) is 67.6 Å². The van der Waals surface area contributed by atoms with Crippen molar-refractivity contribution in [3.05, 3.63) is 79.0 Å². The minimum atomic E-state index is -0.242. The molecule has 0 aliphatic carbocycles. The normalized spacial score (nSPS) is 17.1. The number of nitrogens with one attached hydrogen (secondary N) is 1. The molecule has 5 heterocycles.